The van der Waals surface area contributed by atoms with Crippen LogP contribution in [0, 0.1) is 5.92 Å². The monoisotopic (exact) mass is 284 g/mol. The fourth-order valence-electron chi connectivity index (χ4n) is 1.96. The molecule has 3 rings (SSSR count). The highest BCUT2D eigenvalue weighted by Gasteiger charge is 2.21. The fraction of sp³-hybridized carbons (Fsp3) is 0.312. The molecule has 0 saturated heterocycles. The van der Waals surface area contributed by atoms with Gasteiger partial charge in [0.25, 0.3) is 0 Å². The number of hydrogen-bond donors (Lipinski definition) is 0. The Labute approximate surface area is 122 Å². The van der Waals surface area contributed by atoms with Crippen LogP contribution < -0.4 is 4.74 Å². The SMILES string of the molecule is COC(=O)c1cnnc(-c2ccc(OCC3CC3)cc2)c1. The van der Waals surface area contributed by atoms with Gasteiger partial charge in [-0.3, -0.25) is 0 Å². The fourth-order valence-corrected chi connectivity index (χ4v) is 1.96. The molecule has 2 aromatic rings. The first kappa shape index (κ1) is 13.5. The summed E-state index contributed by atoms with van der Waals surface area (Å²) in [6.07, 6.45) is 3.93. The van der Waals surface area contributed by atoms with Crippen molar-refractivity contribution in [1.82, 2.24) is 10.2 Å². The lowest BCUT2D eigenvalue weighted by molar-refractivity contribution is 0.0600. The Bertz CT molecular complexity index is 636. The van der Waals surface area contributed by atoms with Crippen LogP contribution in [-0.2, 0) is 4.74 Å². The molecule has 1 aliphatic carbocycles. The minimum absolute atomic E-state index is 0.386. The van der Waals surface area contributed by atoms with Crippen LogP contribution in [-0.4, -0.2) is 29.9 Å². The first-order valence-electron chi connectivity index (χ1n) is 6.90. The number of rotatable bonds is 5. The van der Waals surface area contributed by atoms with Gasteiger partial charge in [0.2, 0.25) is 0 Å². The summed E-state index contributed by atoms with van der Waals surface area (Å²) in [4.78, 5) is 11.5. The quantitative estimate of drug-likeness (QED) is 0.790. The second-order valence-electron chi connectivity index (χ2n) is 5.10. The summed E-state index contributed by atoms with van der Waals surface area (Å²) in [7, 11) is 1.34. The first-order valence-corrected chi connectivity index (χ1v) is 6.90. The number of benzene rings is 1. The van der Waals surface area contributed by atoms with Crippen LogP contribution >= 0.6 is 0 Å². The predicted octanol–water partition coefficient (Wildman–Crippen LogP) is 2.72. The third kappa shape index (κ3) is 3.37. The van der Waals surface area contributed by atoms with Gasteiger partial charge in [-0.2, -0.15) is 10.2 Å². The predicted molar refractivity (Wildman–Crippen MR) is 77.0 cm³/mol. The lowest BCUT2D eigenvalue weighted by Crippen LogP contribution is -2.03. The molecule has 0 atom stereocenters. The smallest absolute Gasteiger partial charge is 0.339 e. The number of nitrogens with zero attached hydrogens (tertiary/aromatic N) is 2. The molecular formula is C16H16N2O3. The van der Waals surface area contributed by atoms with E-state index in [1.165, 1.54) is 26.1 Å². The minimum Gasteiger partial charge on any atom is -0.493 e. The topological polar surface area (TPSA) is 61.3 Å². The number of carbonyl (C=O) groups excluding carboxylic acids is 1. The number of esters is 1. The van der Waals surface area contributed by atoms with Gasteiger partial charge >= 0.3 is 5.97 Å². The van der Waals surface area contributed by atoms with Gasteiger partial charge in [-0.05, 0) is 49.1 Å². The standard InChI is InChI=1S/C16H16N2O3/c1-20-16(19)13-8-15(18-17-9-13)12-4-6-14(7-5-12)21-10-11-2-3-11/h4-9,11H,2-3,10H2,1H3. The van der Waals surface area contributed by atoms with E-state index < -0.39 is 5.97 Å². The molecule has 1 aliphatic rings. The highest BCUT2D eigenvalue weighted by atomic mass is 16.5. The first-order chi connectivity index (χ1) is 10.3. The zero-order chi connectivity index (χ0) is 14.7. The lowest BCUT2D eigenvalue weighted by atomic mass is 10.1. The second-order valence-corrected chi connectivity index (χ2v) is 5.10. The number of carbonyl (C=O) groups is 1. The van der Waals surface area contributed by atoms with Crippen LogP contribution in [0.25, 0.3) is 11.3 Å². The van der Waals surface area contributed by atoms with Crippen LogP contribution in [0.1, 0.15) is 23.2 Å². The Balaban J connectivity index is 1.74. The molecule has 5 nitrogen and oxygen atoms in total. The Hall–Kier alpha value is -2.43. The minimum atomic E-state index is -0.421. The summed E-state index contributed by atoms with van der Waals surface area (Å²) in [6, 6.07) is 9.30. The van der Waals surface area contributed by atoms with Crippen molar-refractivity contribution < 1.29 is 14.3 Å². The van der Waals surface area contributed by atoms with Crippen molar-refractivity contribution >= 4 is 5.97 Å². The summed E-state index contributed by atoms with van der Waals surface area (Å²) in [6.45, 7) is 0.789. The average Bonchev–Trinajstić information content (AvgIpc) is 3.37. The summed E-state index contributed by atoms with van der Waals surface area (Å²) >= 11 is 0. The molecule has 0 N–H and O–H groups in total. The molecule has 0 bridgehead atoms. The molecule has 0 amide bonds. The average molecular weight is 284 g/mol. The third-order valence-electron chi connectivity index (χ3n) is 3.41. The lowest BCUT2D eigenvalue weighted by Gasteiger charge is -2.06. The Kier molecular flexibility index (Phi) is 3.81. The molecular weight excluding hydrogens is 268 g/mol. The highest BCUT2D eigenvalue weighted by Crippen LogP contribution is 2.30. The third-order valence-corrected chi connectivity index (χ3v) is 3.41. The summed E-state index contributed by atoms with van der Waals surface area (Å²) in [5, 5.41) is 7.88. The van der Waals surface area contributed by atoms with Crippen LogP contribution in [0.3, 0.4) is 0 Å². The van der Waals surface area contributed by atoms with Gasteiger partial charge in [-0.15, -0.1) is 0 Å². The second kappa shape index (κ2) is 5.91. The van der Waals surface area contributed by atoms with Crippen molar-refractivity contribution in [2.45, 2.75) is 12.8 Å². The number of aromatic nitrogens is 2. The van der Waals surface area contributed by atoms with Gasteiger partial charge in [0.05, 0.1) is 31.2 Å². The van der Waals surface area contributed by atoms with Crippen molar-refractivity contribution in [1.29, 1.82) is 0 Å². The van der Waals surface area contributed by atoms with E-state index in [-0.39, 0.29) is 0 Å². The van der Waals surface area contributed by atoms with E-state index in [4.69, 9.17) is 4.74 Å². The number of methoxy groups -OCH3 is 1. The van der Waals surface area contributed by atoms with E-state index in [0.29, 0.717) is 11.3 Å². The summed E-state index contributed by atoms with van der Waals surface area (Å²) in [5.41, 5.74) is 1.90. The van der Waals surface area contributed by atoms with E-state index in [9.17, 15) is 4.79 Å². The molecule has 1 aromatic carbocycles. The van der Waals surface area contributed by atoms with Crippen LogP contribution in [0.4, 0.5) is 0 Å². The van der Waals surface area contributed by atoms with Crippen LogP contribution in [0.15, 0.2) is 36.5 Å². The summed E-state index contributed by atoms with van der Waals surface area (Å²) < 4.78 is 10.4. The summed E-state index contributed by atoms with van der Waals surface area (Å²) in [5.74, 6) is 1.16. The largest absolute Gasteiger partial charge is 0.493 e. The van der Waals surface area contributed by atoms with Crippen LogP contribution in [0.5, 0.6) is 5.75 Å². The van der Waals surface area contributed by atoms with E-state index >= 15 is 0 Å². The zero-order valence-corrected chi connectivity index (χ0v) is 11.8. The molecule has 1 aromatic heterocycles. The maximum absolute atomic E-state index is 11.5. The maximum atomic E-state index is 11.5. The van der Waals surface area contributed by atoms with E-state index in [2.05, 4.69) is 14.9 Å². The molecule has 108 valence electrons. The molecule has 0 unspecified atom stereocenters. The Morgan fingerprint density at radius 3 is 2.71 bits per heavy atom. The maximum Gasteiger partial charge on any atom is 0.339 e. The van der Waals surface area contributed by atoms with Gasteiger partial charge in [0, 0.05) is 5.56 Å². The molecule has 0 radical (unpaired) electrons. The normalized spacial score (nSPS) is 13.8. The van der Waals surface area contributed by atoms with Gasteiger partial charge < -0.3 is 9.47 Å². The molecule has 1 saturated carbocycles. The molecule has 1 fully saturated rings. The zero-order valence-electron chi connectivity index (χ0n) is 11.8. The number of hydrogen-bond acceptors (Lipinski definition) is 5. The van der Waals surface area contributed by atoms with Crippen molar-refractivity contribution in [3.8, 4) is 17.0 Å². The van der Waals surface area contributed by atoms with Crippen molar-refractivity contribution in [2.24, 2.45) is 5.92 Å². The molecule has 0 spiro atoms. The molecule has 5 heteroatoms. The van der Waals surface area contributed by atoms with Gasteiger partial charge in [0.1, 0.15) is 5.75 Å². The van der Waals surface area contributed by atoms with Crippen molar-refractivity contribution in [2.75, 3.05) is 13.7 Å². The van der Waals surface area contributed by atoms with Crippen LogP contribution in [0.2, 0.25) is 0 Å². The van der Waals surface area contributed by atoms with Gasteiger partial charge in [-0.25, -0.2) is 4.79 Å². The van der Waals surface area contributed by atoms with Gasteiger partial charge in [0.15, 0.2) is 0 Å². The van der Waals surface area contributed by atoms with E-state index in [1.807, 2.05) is 24.3 Å². The van der Waals surface area contributed by atoms with Crippen molar-refractivity contribution in [3.63, 3.8) is 0 Å². The Morgan fingerprint density at radius 1 is 1.29 bits per heavy atom. The molecule has 1 heterocycles. The van der Waals surface area contributed by atoms with E-state index in [0.717, 1.165) is 23.8 Å². The highest BCUT2D eigenvalue weighted by molar-refractivity contribution is 5.90. The molecule has 21 heavy (non-hydrogen) atoms. The molecule has 0 aliphatic heterocycles. The van der Waals surface area contributed by atoms with Gasteiger partial charge in [-0.1, -0.05) is 0 Å². The van der Waals surface area contributed by atoms with E-state index in [1.54, 1.807) is 6.07 Å². The number of ether oxygens (including phenoxy) is 2. The Morgan fingerprint density at radius 2 is 2.05 bits per heavy atom. The van der Waals surface area contributed by atoms with Crippen molar-refractivity contribution in [3.05, 3.63) is 42.1 Å².